The van der Waals surface area contributed by atoms with E-state index in [1.807, 2.05) is 48.5 Å². The van der Waals surface area contributed by atoms with E-state index in [2.05, 4.69) is 15.1 Å². The number of nitrogens with one attached hydrogen (secondary N) is 1. The maximum Gasteiger partial charge on any atom is 0.416 e. The lowest BCUT2D eigenvalue weighted by molar-refractivity contribution is -0.137. The molecule has 1 fully saturated rings. The minimum Gasteiger partial charge on any atom is -0.369 e. The summed E-state index contributed by atoms with van der Waals surface area (Å²) < 4.78 is 38.9. The second-order valence-corrected chi connectivity index (χ2v) is 10.1. The Labute approximate surface area is 237 Å². The minimum absolute atomic E-state index is 0.0691. The number of carbonyl (C=O) groups excluding carboxylic acids is 2. The van der Waals surface area contributed by atoms with Crippen LogP contribution in [0.2, 0.25) is 0 Å². The molecule has 0 spiro atoms. The van der Waals surface area contributed by atoms with Crippen LogP contribution in [0.25, 0.3) is 11.1 Å². The Kier molecular flexibility index (Phi) is 8.21. The molecular formula is C33H30F3N3O2. The molecule has 4 aromatic rings. The van der Waals surface area contributed by atoms with Crippen molar-refractivity contribution in [1.82, 2.24) is 4.90 Å². The zero-order valence-corrected chi connectivity index (χ0v) is 22.6. The van der Waals surface area contributed by atoms with Gasteiger partial charge in [-0.15, -0.1) is 0 Å². The van der Waals surface area contributed by atoms with Crippen molar-refractivity contribution < 1.29 is 22.8 Å². The fourth-order valence-electron chi connectivity index (χ4n) is 5.04. The third-order valence-electron chi connectivity index (χ3n) is 7.30. The van der Waals surface area contributed by atoms with Crippen LogP contribution in [0.3, 0.4) is 0 Å². The van der Waals surface area contributed by atoms with Crippen molar-refractivity contribution in [2.45, 2.75) is 19.6 Å². The largest absolute Gasteiger partial charge is 0.416 e. The van der Waals surface area contributed by atoms with Gasteiger partial charge in [0.1, 0.15) is 0 Å². The van der Waals surface area contributed by atoms with Gasteiger partial charge < -0.3 is 10.2 Å². The standard InChI is InChI=1S/C33H30F3N3O2/c1-23(40)26-6-4-5-24(21-26)22-38-17-19-39(20-18-38)29-15-13-28(14-16-29)37-32(41)31-8-3-2-7-30(31)25-9-11-27(12-10-25)33(34,35)36/h2-16,21H,17-20,22H2,1H3,(H,37,41). The highest BCUT2D eigenvalue weighted by molar-refractivity contribution is 6.08. The number of piperazine rings is 1. The molecule has 5 nitrogen and oxygen atoms in total. The molecule has 4 aromatic carbocycles. The third-order valence-corrected chi connectivity index (χ3v) is 7.30. The van der Waals surface area contributed by atoms with E-state index < -0.39 is 11.7 Å². The monoisotopic (exact) mass is 557 g/mol. The zero-order valence-electron chi connectivity index (χ0n) is 22.6. The molecule has 1 saturated heterocycles. The lowest BCUT2D eigenvalue weighted by Crippen LogP contribution is -2.45. The molecule has 5 rings (SSSR count). The second kappa shape index (κ2) is 12.0. The van der Waals surface area contributed by atoms with Gasteiger partial charge in [-0.25, -0.2) is 0 Å². The Balaban J connectivity index is 1.19. The van der Waals surface area contributed by atoms with Crippen molar-refractivity contribution in [3.8, 4) is 11.1 Å². The molecule has 1 aliphatic heterocycles. The van der Waals surface area contributed by atoms with Crippen LogP contribution in [0.1, 0.15) is 38.8 Å². The van der Waals surface area contributed by atoms with Crippen molar-refractivity contribution in [3.05, 3.63) is 119 Å². The van der Waals surface area contributed by atoms with E-state index >= 15 is 0 Å². The number of hydrogen-bond donors (Lipinski definition) is 1. The fourth-order valence-corrected chi connectivity index (χ4v) is 5.04. The Morgan fingerprint density at radius 2 is 1.49 bits per heavy atom. The Hall–Kier alpha value is -4.43. The van der Waals surface area contributed by atoms with Crippen LogP contribution < -0.4 is 10.2 Å². The number of benzene rings is 4. The number of rotatable bonds is 7. The molecule has 0 bridgehead atoms. The first kappa shape index (κ1) is 28.1. The fraction of sp³-hybridized carbons (Fsp3) is 0.212. The van der Waals surface area contributed by atoms with Gasteiger partial charge in [0, 0.05) is 55.2 Å². The molecule has 0 radical (unpaired) electrons. The van der Waals surface area contributed by atoms with Gasteiger partial charge >= 0.3 is 6.18 Å². The first-order chi connectivity index (χ1) is 19.7. The van der Waals surface area contributed by atoms with Crippen molar-refractivity contribution in [2.24, 2.45) is 0 Å². The predicted molar refractivity (Wildman–Crippen MR) is 155 cm³/mol. The smallest absolute Gasteiger partial charge is 0.369 e. The van der Waals surface area contributed by atoms with E-state index in [1.165, 1.54) is 12.1 Å². The van der Waals surface area contributed by atoms with Crippen LogP contribution in [-0.4, -0.2) is 42.8 Å². The van der Waals surface area contributed by atoms with E-state index in [4.69, 9.17) is 0 Å². The van der Waals surface area contributed by atoms with Gasteiger partial charge in [-0.1, -0.05) is 48.5 Å². The van der Waals surface area contributed by atoms with Crippen LogP contribution in [0.5, 0.6) is 0 Å². The summed E-state index contributed by atoms with van der Waals surface area (Å²) >= 11 is 0. The number of amides is 1. The Morgan fingerprint density at radius 1 is 0.805 bits per heavy atom. The van der Waals surface area contributed by atoms with Crippen LogP contribution in [0.15, 0.2) is 97.1 Å². The average Bonchev–Trinajstić information content (AvgIpc) is 2.98. The van der Waals surface area contributed by atoms with Gasteiger partial charge in [-0.2, -0.15) is 13.2 Å². The highest BCUT2D eigenvalue weighted by Crippen LogP contribution is 2.32. The summed E-state index contributed by atoms with van der Waals surface area (Å²) in [6, 6.07) is 27.1. The summed E-state index contributed by atoms with van der Waals surface area (Å²) in [6.45, 7) is 5.88. The summed E-state index contributed by atoms with van der Waals surface area (Å²) in [4.78, 5) is 29.5. The van der Waals surface area contributed by atoms with E-state index in [9.17, 15) is 22.8 Å². The quantitative estimate of drug-likeness (QED) is 0.245. The summed E-state index contributed by atoms with van der Waals surface area (Å²) in [5, 5.41) is 2.91. The summed E-state index contributed by atoms with van der Waals surface area (Å²) in [5.41, 5.74) is 4.29. The van der Waals surface area contributed by atoms with Gasteiger partial charge in [0.2, 0.25) is 0 Å². The molecule has 0 aliphatic carbocycles. The number of nitrogens with zero attached hydrogens (tertiary/aromatic N) is 2. The van der Waals surface area contributed by atoms with Gasteiger partial charge in [0.05, 0.1) is 5.56 Å². The number of hydrogen-bond acceptors (Lipinski definition) is 4. The minimum atomic E-state index is -4.42. The maximum absolute atomic E-state index is 13.1. The first-order valence-corrected chi connectivity index (χ1v) is 13.4. The predicted octanol–water partition coefficient (Wildman–Crippen LogP) is 7.15. The van der Waals surface area contributed by atoms with Gasteiger partial charge in [-0.3, -0.25) is 14.5 Å². The van der Waals surface area contributed by atoms with Crippen molar-refractivity contribution in [1.29, 1.82) is 0 Å². The van der Waals surface area contributed by atoms with Crippen LogP contribution in [-0.2, 0) is 12.7 Å². The molecule has 1 aliphatic rings. The van der Waals surface area contributed by atoms with Gasteiger partial charge in [-0.05, 0) is 72.1 Å². The van der Waals surface area contributed by atoms with Gasteiger partial charge in [0.25, 0.3) is 5.91 Å². The number of alkyl halides is 3. The van der Waals surface area contributed by atoms with E-state index in [0.717, 1.165) is 61.7 Å². The van der Waals surface area contributed by atoms with E-state index in [1.54, 1.807) is 31.2 Å². The molecule has 0 atom stereocenters. The number of ketones is 1. The summed E-state index contributed by atoms with van der Waals surface area (Å²) in [7, 11) is 0. The van der Waals surface area contributed by atoms with Crippen LogP contribution in [0.4, 0.5) is 24.5 Å². The zero-order chi connectivity index (χ0) is 29.0. The summed E-state index contributed by atoms with van der Waals surface area (Å²) in [5.74, 6) is -0.268. The SMILES string of the molecule is CC(=O)c1cccc(CN2CCN(c3ccc(NC(=O)c4ccccc4-c4ccc(C(F)(F)F)cc4)cc3)CC2)c1. The van der Waals surface area contributed by atoms with Crippen molar-refractivity contribution in [3.63, 3.8) is 0 Å². The maximum atomic E-state index is 13.1. The van der Waals surface area contributed by atoms with E-state index in [-0.39, 0.29) is 11.7 Å². The summed E-state index contributed by atoms with van der Waals surface area (Å²) in [6.07, 6.45) is -4.42. The number of anilines is 2. The topological polar surface area (TPSA) is 52.7 Å². The molecule has 8 heteroatoms. The number of halogens is 3. The van der Waals surface area contributed by atoms with Gasteiger partial charge in [0.15, 0.2) is 5.78 Å². The van der Waals surface area contributed by atoms with E-state index in [0.29, 0.717) is 22.4 Å². The Morgan fingerprint density at radius 3 is 2.15 bits per heavy atom. The molecule has 1 heterocycles. The lowest BCUT2D eigenvalue weighted by Gasteiger charge is -2.36. The average molecular weight is 558 g/mol. The molecule has 0 aromatic heterocycles. The molecule has 41 heavy (non-hydrogen) atoms. The molecular weight excluding hydrogens is 527 g/mol. The Bertz CT molecular complexity index is 1520. The van der Waals surface area contributed by atoms with Crippen LogP contribution >= 0.6 is 0 Å². The van der Waals surface area contributed by atoms with Crippen LogP contribution in [0, 0.1) is 0 Å². The van der Waals surface area contributed by atoms with Crippen molar-refractivity contribution in [2.75, 3.05) is 36.4 Å². The highest BCUT2D eigenvalue weighted by atomic mass is 19.4. The first-order valence-electron chi connectivity index (χ1n) is 13.4. The molecule has 0 saturated carbocycles. The molecule has 1 N–H and O–H groups in total. The van der Waals surface area contributed by atoms with Crippen molar-refractivity contribution >= 4 is 23.1 Å². The number of carbonyl (C=O) groups is 2. The lowest BCUT2D eigenvalue weighted by atomic mass is 9.98. The molecule has 1 amide bonds. The number of Topliss-reactive ketones (excluding diaryl/α,β-unsaturated/α-hetero) is 1. The second-order valence-electron chi connectivity index (χ2n) is 10.1. The normalized spacial score (nSPS) is 14.1. The highest BCUT2D eigenvalue weighted by Gasteiger charge is 2.30. The molecule has 210 valence electrons. The molecule has 0 unspecified atom stereocenters. The third kappa shape index (κ3) is 6.84.